The van der Waals surface area contributed by atoms with Gasteiger partial charge in [-0.15, -0.1) is 24.8 Å². The van der Waals surface area contributed by atoms with Crippen LogP contribution in [0, 0.1) is 0 Å². The van der Waals surface area contributed by atoms with E-state index in [-0.39, 0.29) is 42.9 Å². The van der Waals surface area contributed by atoms with Gasteiger partial charge < -0.3 is 15.0 Å². The van der Waals surface area contributed by atoms with E-state index in [1.807, 2.05) is 11.0 Å². The first kappa shape index (κ1) is 21.2. The van der Waals surface area contributed by atoms with Gasteiger partial charge in [-0.25, -0.2) is 0 Å². The molecule has 2 aliphatic heterocycles. The number of nitrogens with zero attached hydrogens (tertiary/aromatic N) is 2. The highest BCUT2D eigenvalue weighted by atomic mass is 35.5. The topological polar surface area (TPSA) is 44.8 Å². The summed E-state index contributed by atoms with van der Waals surface area (Å²) in [6.07, 6.45) is -0.321. The van der Waals surface area contributed by atoms with Crippen LogP contribution in [0.1, 0.15) is 12.5 Å². The predicted octanol–water partition coefficient (Wildman–Crippen LogP) is 1.55. The molecule has 1 N–H and O–H groups in total. The zero-order chi connectivity index (χ0) is 15.4. The highest BCUT2D eigenvalue weighted by Gasteiger charge is 2.33. The average molecular weight is 376 g/mol. The van der Waals surface area contributed by atoms with Crippen molar-refractivity contribution in [2.24, 2.45) is 0 Å². The molecular weight excluding hydrogens is 349 g/mol. The molecule has 1 unspecified atom stereocenters. The first-order valence-corrected chi connectivity index (χ1v) is 8.13. The maximum Gasteiger partial charge on any atom is 0.253 e. The number of rotatable bonds is 3. The van der Waals surface area contributed by atoms with Crippen molar-refractivity contribution in [2.45, 2.75) is 25.6 Å². The van der Waals surface area contributed by atoms with Crippen LogP contribution in [0.4, 0.5) is 0 Å². The number of carbonyl (C=O) groups excluding carboxylic acids is 1. The summed E-state index contributed by atoms with van der Waals surface area (Å²) in [5, 5.41) is 3.32. The number of amides is 1. The van der Waals surface area contributed by atoms with Gasteiger partial charge in [-0.2, -0.15) is 0 Å². The number of morpholine rings is 1. The van der Waals surface area contributed by atoms with E-state index in [2.05, 4.69) is 41.4 Å². The highest BCUT2D eigenvalue weighted by Crippen LogP contribution is 2.14. The van der Waals surface area contributed by atoms with Crippen molar-refractivity contribution in [3.8, 4) is 0 Å². The molecule has 1 amide bonds. The van der Waals surface area contributed by atoms with Crippen LogP contribution < -0.4 is 5.32 Å². The Morgan fingerprint density at radius 1 is 1.25 bits per heavy atom. The minimum atomic E-state index is -0.321. The largest absolute Gasteiger partial charge is 0.366 e. The first-order valence-electron chi connectivity index (χ1n) is 8.13. The van der Waals surface area contributed by atoms with Gasteiger partial charge in [-0.1, -0.05) is 30.3 Å². The molecule has 136 valence electrons. The van der Waals surface area contributed by atoms with E-state index in [0.717, 1.165) is 32.7 Å². The molecule has 2 fully saturated rings. The molecule has 2 atom stereocenters. The lowest BCUT2D eigenvalue weighted by Gasteiger charge is -2.39. The van der Waals surface area contributed by atoms with Crippen molar-refractivity contribution in [1.29, 1.82) is 0 Å². The van der Waals surface area contributed by atoms with E-state index in [4.69, 9.17) is 4.74 Å². The van der Waals surface area contributed by atoms with Gasteiger partial charge in [0.2, 0.25) is 0 Å². The molecule has 0 aromatic heterocycles. The molecule has 0 bridgehead atoms. The third-order valence-electron chi connectivity index (χ3n) is 4.46. The summed E-state index contributed by atoms with van der Waals surface area (Å²) in [6.45, 7) is 7.69. The van der Waals surface area contributed by atoms with Crippen molar-refractivity contribution < 1.29 is 9.53 Å². The van der Waals surface area contributed by atoms with Crippen LogP contribution in [-0.4, -0.2) is 67.2 Å². The van der Waals surface area contributed by atoms with Crippen LogP contribution >= 0.6 is 24.8 Å². The monoisotopic (exact) mass is 375 g/mol. The number of ether oxygens (including phenoxy) is 1. The van der Waals surface area contributed by atoms with Crippen molar-refractivity contribution >= 4 is 30.7 Å². The average Bonchev–Trinajstić information content (AvgIpc) is 2.56. The summed E-state index contributed by atoms with van der Waals surface area (Å²) in [4.78, 5) is 17.0. The maximum atomic E-state index is 12.7. The van der Waals surface area contributed by atoms with Gasteiger partial charge in [0, 0.05) is 45.3 Å². The molecule has 0 saturated carbocycles. The lowest BCUT2D eigenvalue weighted by molar-refractivity contribution is -0.152. The maximum absolute atomic E-state index is 12.7. The quantitative estimate of drug-likeness (QED) is 0.870. The van der Waals surface area contributed by atoms with Crippen LogP contribution in [0.3, 0.4) is 0 Å². The summed E-state index contributed by atoms with van der Waals surface area (Å²) in [6, 6.07) is 10.6. The molecule has 0 spiro atoms. The first-order chi connectivity index (χ1) is 10.7. The Kier molecular flexibility index (Phi) is 9.02. The van der Waals surface area contributed by atoms with Crippen molar-refractivity contribution in [3.05, 3.63) is 35.9 Å². The second kappa shape index (κ2) is 10.2. The fourth-order valence-corrected chi connectivity index (χ4v) is 3.19. The van der Waals surface area contributed by atoms with E-state index in [1.54, 1.807) is 0 Å². The van der Waals surface area contributed by atoms with Crippen LogP contribution in [0.25, 0.3) is 0 Å². The van der Waals surface area contributed by atoms with Crippen LogP contribution in [0.15, 0.2) is 30.3 Å². The minimum Gasteiger partial charge on any atom is -0.366 e. The van der Waals surface area contributed by atoms with Gasteiger partial charge in [0.15, 0.2) is 0 Å². The molecule has 1 aromatic rings. The standard InChI is InChI=1S/C17H25N3O2.2ClH/c1-14-11-18-7-8-20(14)17(21)16-13-19(9-10-22-16)12-15-5-3-2-4-6-15;;/h2-6,14,16,18H,7-13H2,1H3;2*1H/t14-,16?;;/m1../s1. The smallest absolute Gasteiger partial charge is 0.253 e. The molecule has 5 nitrogen and oxygen atoms in total. The zero-order valence-corrected chi connectivity index (χ0v) is 15.7. The van der Waals surface area contributed by atoms with Gasteiger partial charge >= 0.3 is 0 Å². The van der Waals surface area contributed by atoms with Gasteiger partial charge in [0.05, 0.1) is 6.61 Å². The fourth-order valence-electron chi connectivity index (χ4n) is 3.19. The van der Waals surface area contributed by atoms with Crippen LogP contribution in [0.2, 0.25) is 0 Å². The highest BCUT2D eigenvalue weighted by molar-refractivity contribution is 5.85. The number of benzene rings is 1. The Morgan fingerprint density at radius 2 is 2.00 bits per heavy atom. The third-order valence-corrected chi connectivity index (χ3v) is 4.46. The lowest BCUT2D eigenvalue weighted by Crippen LogP contribution is -2.58. The van der Waals surface area contributed by atoms with Crippen molar-refractivity contribution in [2.75, 3.05) is 39.3 Å². The molecule has 3 rings (SSSR count). The lowest BCUT2D eigenvalue weighted by atomic mass is 10.1. The normalized spacial score (nSPS) is 24.6. The van der Waals surface area contributed by atoms with Crippen LogP contribution in [-0.2, 0) is 16.1 Å². The van der Waals surface area contributed by atoms with Crippen LogP contribution in [0.5, 0.6) is 0 Å². The molecule has 1 aromatic carbocycles. The molecule has 2 saturated heterocycles. The third kappa shape index (κ3) is 5.33. The molecule has 0 radical (unpaired) electrons. The Morgan fingerprint density at radius 3 is 2.71 bits per heavy atom. The number of piperazine rings is 1. The summed E-state index contributed by atoms with van der Waals surface area (Å²) in [5.74, 6) is 0.145. The van der Waals surface area contributed by atoms with E-state index < -0.39 is 0 Å². The fraction of sp³-hybridized carbons (Fsp3) is 0.588. The molecule has 2 heterocycles. The van der Waals surface area contributed by atoms with Gasteiger partial charge in [0.1, 0.15) is 6.10 Å². The summed E-state index contributed by atoms with van der Waals surface area (Å²) in [7, 11) is 0. The minimum absolute atomic E-state index is 0. The van der Waals surface area contributed by atoms with E-state index >= 15 is 0 Å². The summed E-state index contributed by atoms with van der Waals surface area (Å²) >= 11 is 0. The molecular formula is C17H27Cl2N3O2. The number of hydrogen-bond donors (Lipinski definition) is 1. The summed E-state index contributed by atoms with van der Waals surface area (Å²) in [5.41, 5.74) is 1.28. The van der Waals surface area contributed by atoms with Gasteiger partial charge in [-0.05, 0) is 12.5 Å². The second-order valence-corrected chi connectivity index (χ2v) is 6.16. The summed E-state index contributed by atoms with van der Waals surface area (Å²) < 4.78 is 5.76. The Balaban J connectivity index is 0.00000144. The second-order valence-electron chi connectivity index (χ2n) is 6.16. The van der Waals surface area contributed by atoms with E-state index in [0.29, 0.717) is 13.2 Å². The van der Waals surface area contributed by atoms with Gasteiger partial charge in [-0.3, -0.25) is 9.69 Å². The molecule has 7 heteroatoms. The predicted molar refractivity (Wildman–Crippen MR) is 100.0 cm³/mol. The Bertz CT molecular complexity index is 504. The van der Waals surface area contributed by atoms with E-state index in [1.165, 1.54) is 5.56 Å². The van der Waals surface area contributed by atoms with E-state index in [9.17, 15) is 4.79 Å². The number of hydrogen-bond acceptors (Lipinski definition) is 4. The molecule has 0 aliphatic carbocycles. The van der Waals surface area contributed by atoms with Gasteiger partial charge in [0.25, 0.3) is 5.91 Å². The number of nitrogens with one attached hydrogen (secondary N) is 1. The molecule has 2 aliphatic rings. The Labute approximate surface area is 156 Å². The molecule has 24 heavy (non-hydrogen) atoms. The number of halogens is 2. The zero-order valence-electron chi connectivity index (χ0n) is 14.0. The number of carbonyl (C=O) groups is 1. The van der Waals surface area contributed by atoms with Crippen molar-refractivity contribution in [3.63, 3.8) is 0 Å². The van der Waals surface area contributed by atoms with Crippen molar-refractivity contribution in [1.82, 2.24) is 15.1 Å². The Hall–Kier alpha value is -0.850. The SMILES string of the molecule is C[C@@H]1CNCCN1C(=O)C1CN(Cc2ccccc2)CCO1.Cl.Cl.